The molecule has 2 heterocycles. The maximum absolute atomic E-state index is 11.9. The standard InChI is InChI=1S/C15H12ClN5O2/c1-21-12(8-9-17-21)14-19-20-15(23-14)18-13(22)7-6-10-4-2-3-5-11(10)16/h2-9H,1H3,(H,18,20,22). The molecule has 0 aliphatic heterocycles. The lowest BCUT2D eigenvalue weighted by Crippen LogP contribution is -2.07. The van der Waals surface area contributed by atoms with Crippen molar-refractivity contribution in [1.29, 1.82) is 0 Å². The third-order valence-corrected chi connectivity index (χ3v) is 3.36. The van der Waals surface area contributed by atoms with Gasteiger partial charge in [-0.3, -0.25) is 14.8 Å². The van der Waals surface area contributed by atoms with Crippen molar-refractivity contribution in [1.82, 2.24) is 20.0 Å². The molecule has 116 valence electrons. The van der Waals surface area contributed by atoms with E-state index in [2.05, 4.69) is 20.6 Å². The molecule has 0 bridgehead atoms. The average molecular weight is 330 g/mol. The number of nitrogens with one attached hydrogen (secondary N) is 1. The van der Waals surface area contributed by atoms with E-state index in [1.165, 1.54) is 6.08 Å². The van der Waals surface area contributed by atoms with E-state index in [0.717, 1.165) is 5.56 Å². The predicted molar refractivity (Wildman–Crippen MR) is 85.6 cm³/mol. The Kier molecular flexibility index (Phi) is 4.20. The number of aromatic nitrogens is 4. The molecule has 1 amide bonds. The molecule has 0 aliphatic rings. The van der Waals surface area contributed by atoms with E-state index in [-0.39, 0.29) is 11.9 Å². The van der Waals surface area contributed by atoms with E-state index in [9.17, 15) is 4.79 Å². The molecule has 0 atom stereocenters. The average Bonchev–Trinajstić information content (AvgIpc) is 3.15. The summed E-state index contributed by atoms with van der Waals surface area (Å²) in [5.74, 6) is -0.125. The van der Waals surface area contributed by atoms with Crippen LogP contribution in [0.5, 0.6) is 0 Å². The Balaban J connectivity index is 1.68. The first-order valence-electron chi connectivity index (χ1n) is 6.69. The molecule has 0 aliphatic carbocycles. The molecule has 8 heteroatoms. The number of aryl methyl sites for hydroxylation is 1. The van der Waals surface area contributed by atoms with Crippen LogP contribution < -0.4 is 5.32 Å². The van der Waals surface area contributed by atoms with Gasteiger partial charge in [-0.2, -0.15) is 5.10 Å². The summed E-state index contributed by atoms with van der Waals surface area (Å²) in [5.41, 5.74) is 1.40. The molecule has 1 aromatic carbocycles. The minimum Gasteiger partial charge on any atom is -0.401 e. The quantitative estimate of drug-likeness (QED) is 0.744. The molecule has 0 radical (unpaired) electrons. The third kappa shape index (κ3) is 3.46. The third-order valence-electron chi connectivity index (χ3n) is 3.01. The van der Waals surface area contributed by atoms with Crippen LogP contribution in [-0.4, -0.2) is 25.9 Å². The lowest BCUT2D eigenvalue weighted by Gasteiger charge is -1.97. The zero-order chi connectivity index (χ0) is 16.2. The first kappa shape index (κ1) is 15.0. The number of hydrogen-bond donors (Lipinski definition) is 1. The zero-order valence-corrected chi connectivity index (χ0v) is 12.9. The fraction of sp³-hybridized carbons (Fsp3) is 0.0667. The van der Waals surface area contributed by atoms with Gasteiger partial charge in [0.05, 0.1) is 0 Å². The molecule has 3 aromatic rings. The van der Waals surface area contributed by atoms with E-state index in [1.807, 2.05) is 12.1 Å². The van der Waals surface area contributed by atoms with Gasteiger partial charge in [0.25, 0.3) is 11.8 Å². The molecule has 0 unspecified atom stereocenters. The highest BCUT2D eigenvalue weighted by Gasteiger charge is 2.12. The van der Waals surface area contributed by atoms with Crippen molar-refractivity contribution in [3.8, 4) is 11.6 Å². The van der Waals surface area contributed by atoms with Crippen LogP contribution in [0.1, 0.15) is 5.56 Å². The van der Waals surface area contributed by atoms with E-state index < -0.39 is 5.91 Å². The number of carbonyl (C=O) groups excluding carboxylic acids is 1. The first-order valence-corrected chi connectivity index (χ1v) is 7.07. The molecular formula is C15H12ClN5O2. The minimum atomic E-state index is -0.398. The van der Waals surface area contributed by atoms with Gasteiger partial charge in [0.2, 0.25) is 0 Å². The summed E-state index contributed by atoms with van der Waals surface area (Å²) in [6, 6.07) is 8.95. The van der Waals surface area contributed by atoms with E-state index in [4.69, 9.17) is 16.0 Å². The molecular weight excluding hydrogens is 318 g/mol. The highest BCUT2D eigenvalue weighted by atomic mass is 35.5. The molecule has 23 heavy (non-hydrogen) atoms. The van der Waals surface area contributed by atoms with Crippen LogP contribution in [-0.2, 0) is 11.8 Å². The van der Waals surface area contributed by atoms with Crippen molar-refractivity contribution in [2.24, 2.45) is 7.05 Å². The lowest BCUT2D eigenvalue weighted by atomic mass is 10.2. The summed E-state index contributed by atoms with van der Waals surface area (Å²) >= 11 is 6.01. The maximum atomic E-state index is 11.9. The summed E-state index contributed by atoms with van der Waals surface area (Å²) in [7, 11) is 1.75. The van der Waals surface area contributed by atoms with Gasteiger partial charge in [0.15, 0.2) is 0 Å². The Hall–Kier alpha value is -2.93. The predicted octanol–water partition coefficient (Wildman–Crippen LogP) is 2.78. The van der Waals surface area contributed by atoms with Crippen LogP contribution in [0.3, 0.4) is 0 Å². The van der Waals surface area contributed by atoms with Crippen molar-refractivity contribution < 1.29 is 9.21 Å². The van der Waals surface area contributed by atoms with E-state index >= 15 is 0 Å². The van der Waals surface area contributed by atoms with Crippen molar-refractivity contribution in [2.45, 2.75) is 0 Å². The van der Waals surface area contributed by atoms with Gasteiger partial charge < -0.3 is 4.42 Å². The summed E-state index contributed by atoms with van der Waals surface area (Å²) in [4.78, 5) is 11.9. The molecule has 0 saturated heterocycles. The summed E-state index contributed by atoms with van der Waals surface area (Å²) in [6.45, 7) is 0. The van der Waals surface area contributed by atoms with Crippen LogP contribution in [0.15, 0.2) is 47.0 Å². The van der Waals surface area contributed by atoms with Gasteiger partial charge >= 0.3 is 6.01 Å². The number of benzene rings is 1. The SMILES string of the molecule is Cn1nccc1-c1nnc(NC(=O)C=Cc2ccccc2Cl)o1. The minimum absolute atomic E-state index is 0.00927. The number of hydrogen-bond acceptors (Lipinski definition) is 5. The van der Waals surface area contributed by atoms with Crippen LogP contribution in [0.25, 0.3) is 17.7 Å². The molecule has 1 N–H and O–H groups in total. The van der Waals surface area contributed by atoms with Crippen LogP contribution >= 0.6 is 11.6 Å². The van der Waals surface area contributed by atoms with Crippen LogP contribution in [0.2, 0.25) is 5.02 Å². The Morgan fingerprint density at radius 1 is 1.30 bits per heavy atom. The topological polar surface area (TPSA) is 85.8 Å². The molecule has 3 rings (SSSR count). The van der Waals surface area contributed by atoms with Crippen molar-refractivity contribution in [2.75, 3.05) is 5.32 Å². The van der Waals surface area contributed by atoms with Gasteiger partial charge in [-0.05, 0) is 23.8 Å². The summed E-state index contributed by atoms with van der Waals surface area (Å²) in [5, 5.41) is 14.7. The normalized spacial score (nSPS) is 11.0. The van der Waals surface area contributed by atoms with Gasteiger partial charge in [0.1, 0.15) is 5.69 Å². The summed E-state index contributed by atoms with van der Waals surface area (Å²) < 4.78 is 6.97. The van der Waals surface area contributed by atoms with Crippen LogP contribution in [0, 0.1) is 0 Å². The van der Waals surface area contributed by atoms with Gasteiger partial charge in [-0.1, -0.05) is 34.9 Å². The lowest BCUT2D eigenvalue weighted by molar-refractivity contribution is -0.112. The van der Waals surface area contributed by atoms with Gasteiger partial charge in [-0.15, -0.1) is 5.10 Å². The molecule has 7 nitrogen and oxygen atoms in total. The second-order valence-electron chi connectivity index (χ2n) is 4.60. The fourth-order valence-corrected chi connectivity index (χ4v) is 2.08. The molecule has 0 spiro atoms. The largest absolute Gasteiger partial charge is 0.401 e. The number of anilines is 1. The van der Waals surface area contributed by atoms with E-state index in [0.29, 0.717) is 10.7 Å². The fourth-order valence-electron chi connectivity index (χ4n) is 1.88. The highest BCUT2D eigenvalue weighted by molar-refractivity contribution is 6.32. The highest BCUT2D eigenvalue weighted by Crippen LogP contribution is 2.19. The van der Waals surface area contributed by atoms with Crippen molar-refractivity contribution >= 4 is 29.6 Å². The van der Waals surface area contributed by atoms with Gasteiger partial charge in [-0.25, -0.2) is 0 Å². The first-order chi connectivity index (χ1) is 11.1. The van der Waals surface area contributed by atoms with Crippen LogP contribution in [0.4, 0.5) is 6.01 Å². The molecule has 2 aromatic heterocycles. The second kappa shape index (κ2) is 6.45. The monoisotopic (exact) mass is 329 g/mol. The summed E-state index contributed by atoms with van der Waals surface area (Å²) in [6.07, 6.45) is 4.56. The molecule has 0 fully saturated rings. The maximum Gasteiger partial charge on any atom is 0.322 e. The number of rotatable bonds is 4. The van der Waals surface area contributed by atoms with Crippen molar-refractivity contribution in [3.05, 3.63) is 53.2 Å². The Labute approximate surface area is 136 Å². The second-order valence-corrected chi connectivity index (χ2v) is 5.00. The van der Waals surface area contributed by atoms with Gasteiger partial charge in [0, 0.05) is 24.3 Å². The number of carbonyl (C=O) groups is 1. The Morgan fingerprint density at radius 2 is 2.13 bits per heavy atom. The number of amides is 1. The number of nitrogens with zero attached hydrogens (tertiary/aromatic N) is 4. The van der Waals surface area contributed by atoms with Crippen molar-refractivity contribution in [3.63, 3.8) is 0 Å². The zero-order valence-electron chi connectivity index (χ0n) is 12.1. The number of halogens is 1. The van der Waals surface area contributed by atoms with E-state index in [1.54, 1.807) is 42.2 Å². The Morgan fingerprint density at radius 3 is 2.87 bits per heavy atom. The molecule has 0 saturated carbocycles. The Bertz CT molecular complexity index is 868. The smallest absolute Gasteiger partial charge is 0.322 e.